The van der Waals surface area contributed by atoms with Crippen molar-refractivity contribution in [3.63, 3.8) is 0 Å². The lowest BCUT2D eigenvalue weighted by atomic mass is 9.97. The number of likely N-dealkylation sites (tertiary alicyclic amines) is 1. The second kappa shape index (κ2) is 7.09. The number of aryl methyl sites for hydroxylation is 2. The first-order valence-corrected chi connectivity index (χ1v) is 8.51. The molecule has 0 amide bonds. The summed E-state index contributed by atoms with van der Waals surface area (Å²) in [6, 6.07) is 0. The fraction of sp³-hybridized carbons (Fsp3) is 0.647. The van der Waals surface area contributed by atoms with Crippen LogP contribution in [0.15, 0.2) is 12.4 Å². The topological polar surface area (TPSA) is 60.6 Å². The maximum Gasteiger partial charge on any atom is 0.110 e. The molecule has 1 atom stereocenters. The van der Waals surface area contributed by atoms with Crippen LogP contribution in [-0.2, 0) is 13.0 Å². The molecule has 120 valence electrons. The molecular formula is C17H27N5. The number of H-pyrrole nitrogens is 2. The Bertz CT molecular complexity index is 585. The van der Waals surface area contributed by atoms with Crippen LogP contribution in [0, 0.1) is 6.92 Å². The van der Waals surface area contributed by atoms with Gasteiger partial charge >= 0.3 is 0 Å². The number of nitrogens with zero attached hydrogens (tertiary/aromatic N) is 3. The van der Waals surface area contributed by atoms with Crippen molar-refractivity contribution in [2.45, 2.75) is 58.4 Å². The molecule has 22 heavy (non-hydrogen) atoms. The van der Waals surface area contributed by atoms with Crippen molar-refractivity contribution in [3.05, 3.63) is 35.4 Å². The first-order chi connectivity index (χ1) is 10.7. The van der Waals surface area contributed by atoms with E-state index >= 15 is 0 Å². The largest absolute Gasteiger partial charge is 0.346 e. The zero-order valence-electron chi connectivity index (χ0n) is 13.7. The van der Waals surface area contributed by atoms with Gasteiger partial charge in [0.2, 0.25) is 0 Å². The summed E-state index contributed by atoms with van der Waals surface area (Å²) < 4.78 is 0. The molecule has 1 fully saturated rings. The van der Waals surface area contributed by atoms with Gasteiger partial charge in [-0.25, -0.2) is 9.97 Å². The third-order valence-corrected chi connectivity index (χ3v) is 4.46. The smallest absolute Gasteiger partial charge is 0.110 e. The summed E-state index contributed by atoms with van der Waals surface area (Å²) in [6.45, 7) is 7.50. The summed E-state index contributed by atoms with van der Waals surface area (Å²) in [5, 5.41) is 0. The molecule has 5 heteroatoms. The van der Waals surface area contributed by atoms with Crippen LogP contribution >= 0.6 is 0 Å². The van der Waals surface area contributed by atoms with Crippen molar-refractivity contribution in [3.8, 4) is 0 Å². The van der Waals surface area contributed by atoms with E-state index in [0.717, 1.165) is 36.9 Å². The van der Waals surface area contributed by atoms with E-state index in [1.807, 2.05) is 12.4 Å². The minimum absolute atomic E-state index is 0.532. The first kappa shape index (κ1) is 15.3. The van der Waals surface area contributed by atoms with Gasteiger partial charge in [-0.15, -0.1) is 0 Å². The molecule has 0 saturated carbocycles. The van der Waals surface area contributed by atoms with Gasteiger partial charge in [0.05, 0.1) is 0 Å². The van der Waals surface area contributed by atoms with Crippen LogP contribution in [-0.4, -0.2) is 37.9 Å². The summed E-state index contributed by atoms with van der Waals surface area (Å²) >= 11 is 0. The van der Waals surface area contributed by atoms with E-state index in [4.69, 9.17) is 0 Å². The van der Waals surface area contributed by atoms with E-state index in [9.17, 15) is 0 Å². The normalized spacial score (nSPS) is 19.6. The number of rotatable bonds is 6. The molecule has 5 nitrogen and oxygen atoms in total. The van der Waals surface area contributed by atoms with Gasteiger partial charge in [-0.05, 0) is 32.7 Å². The van der Waals surface area contributed by atoms with Gasteiger partial charge in [-0.1, -0.05) is 13.3 Å². The Morgan fingerprint density at radius 1 is 1.27 bits per heavy atom. The minimum atomic E-state index is 0.532. The second-order valence-electron chi connectivity index (χ2n) is 6.48. The fourth-order valence-electron chi connectivity index (χ4n) is 3.26. The zero-order valence-corrected chi connectivity index (χ0v) is 13.7. The van der Waals surface area contributed by atoms with E-state index in [1.54, 1.807) is 0 Å². The third kappa shape index (κ3) is 3.77. The molecule has 3 heterocycles. The predicted octanol–water partition coefficient (Wildman–Crippen LogP) is 3.16. The number of nitrogens with one attached hydrogen (secondary N) is 2. The summed E-state index contributed by atoms with van der Waals surface area (Å²) in [7, 11) is 0. The quantitative estimate of drug-likeness (QED) is 0.861. The highest BCUT2D eigenvalue weighted by molar-refractivity contribution is 5.07. The molecule has 0 radical (unpaired) electrons. The van der Waals surface area contributed by atoms with E-state index in [-0.39, 0.29) is 0 Å². The van der Waals surface area contributed by atoms with Crippen molar-refractivity contribution in [1.29, 1.82) is 0 Å². The van der Waals surface area contributed by atoms with E-state index in [1.165, 1.54) is 37.9 Å². The Morgan fingerprint density at radius 2 is 2.18 bits per heavy atom. The maximum atomic E-state index is 4.52. The Labute approximate surface area is 132 Å². The van der Waals surface area contributed by atoms with Crippen molar-refractivity contribution >= 4 is 0 Å². The van der Waals surface area contributed by atoms with E-state index < -0.39 is 0 Å². The van der Waals surface area contributed by atoms with Gasteiger partial charge in [0.15, 0.2) is 0 Å². The Hall–Kier alpha value is -1.62. The Kier molecular flexibility index (Phi) is 4.93. The molecule has 2 N–H and O–H groups in total. The Morgan fingerprint density at radius 3 is 2.95 bits per heavy atom. The molecule has 2 aromatic rings. The number of aromatic amines is 2. The van der Waals surface area contributed by atoms with Gasteiger partial charge in [0.1, 0.15) is 11.6 Å². The van der Waals surface area contributed by atoms with Crippen molar-refractivity contribution in [2.75, 3.05) is 13.1 Å². The molecule has 0 aromatic carbocycles. The van der Waals surface area contributed by atoms with E-state index in [2.05, 4.69) is 38.7 Å². The van der Waals surface area contributed by atoms with Crippen LogP contribution in [0.25, 0.3) is 0 Å². The Balaban J connectivity index is 1.57. The monoisotopic (exact) mass is 301 g/mol. The highest BCUT2D eigenvalue weighted by Gasteiger charge is 2.23. The standard InChI is InChI=1S/C17H27N5/c1-3-4-7-16-18-10-15(21-16)12-22-8-5-6-14(11-22)17-19-9-13(2)20-17/h9-10,14H,3-8,11-12H2,1-2H3,(H,18,21)(H,19,20)/t14-/m1/s1. The molecule has 1 aliphatic heterocycles. The van der Waals surface area contributed by atoms with Crippen LogP contribution in [0.3, 0.4) is 0 Å². The third-order valence-electron chi connectivity index (χ3n) is 4.46. The molecule has 0 bridgehead atoms. The molecule has 0 spiro atoms. The highest BCUT2D eigenvalue weighted by atomic mass is 15.1. The number of unbranched alkanes of at least 4 members (excludes halogenated alkanes) is 1. The van der Waals surface area contributed by atoms with Gasteiger partial charge in [0, 0.05) is 49.2 Å². The molecule has 0 aliphatic carbocycles. The van der Waals surface area contributed by atoms with Crippen LogP contribution in [0.4, 0.5) is 0 Å². The summed E-state index contributed by atoms with van der Waals surface area (Å²) in [6.07, 6.45) is 9.89. The summed E-state index contributed by atoms with van der Waals surface area (Å²) in [4.78, 5) is 18.4. The lowest BCUT2D eigenvalue weighted by molar-refractivity contribution is 0.195. The molecule has 2 aromatic heterocycles. The maximum absolute atomic E-state index is 4.52. The van der Waals surface area contributed by atoms with Crippen LogP contribution in [0.1, 0.15) is 61.6 Å². The van der Waals surface area contributed by atoms with Crippen LogP contribution in [0.5, 0.6) is 0 Å². The SMILES string of the molecule is CCCCc1ncc(CN2CCC[C@@H](c3ncc(C)[nH]3)C2)[nH]1. The van der Waals surface area contributed by atoms with E-state index in [0.29, 0.717) is 5.92 Å². The molecule has 1 aliphatic rings. The fourth-order valence-corrected chi connectivity index (χ4v) is 3.26. The number of imidazole rings is 2. The number of hydrogen-bond acceptors (Lipinski definition) is 3. The van der Waals surface area contributed by atoms with Gasteiger partial charge < -0.3 is 9.97 Å². The van der Waals surface area contributed by atoms with Gasteiger partial charge in [-0.3, -0.25) is 4.90 Å². The van der Waals surface area contributed by atoms with Gasteiger partial charge in [0.25, 0.3) is 0 Å². The van der Waals surface area contributed by atoms with Crippen molar-refractivity contribution in [2.24, 2.45) is 0 Å². The average molecular weight is 301 g/mol. The molecule has 1 saturated heterocycles. The molecular weight excluding hydrogens is 274 g/mol. The number of aromatic nitrogens is 4. The molecule has 3 rings (SSSR count). The second-order valence-corrected chi connectivity index (χ2v) is 6.48. The van der Waals surface area contributed by atoms with Gasteiger partial charge in [-0.2, -0.15) is 0 Å². The minimum Gasteiger partial charge on any atom is -0.346 e. The first-order valence-electron chi connectivity index (χ1n) is 8.51. The van der Waals surface area contributed by atoms with Crippen LogP contribution in [0.2, 0.25) is 0 Å². The average Bonchev–Trinajstić information content (AvgIpc) is 3.15. The molecule has 0 unspecified atom stereocenters. The summed E-state index contributed by atoms with van der Waals surface area (Å²) in [5.74, 6) is 2.81. The van der Waals surface area contributed by atoms with Crippen molar-refractivity contribution < 1.29 is 0 Å². The van der Waals surface area contributed by atoms with Crippen LogP contribution < -0.4 is 0 Å². The highest BCUT2D eigenvalue weighted by Crippen LogP contribution is 2.25. The predicted molar refractivity (Wildman–Crippen MR) is 87.8 cm³/mol. The number of hydrogen-bond donors (Lipinski definition) is 2. The zero-order chi connectivity index (χ0) is 15.4. The van der Waals surface area contributed by atoms with Crippen molar-refractivity contribution in [1.82, 2.24) is 24.8 Å². The lowest BCUT2D eigenvalue weighted by Crippen LogP contribution is -2.34. The lowest BCUT2D eigenvalue weighted by Gasteiger charge is -2.31. The summed E-state index contributed by atoms with van der Waals surface area (Å²) in [5.41, 5.74) is 2.39. The number of piperidine rings is 1.